The zero-order valence-electron chi connectivity index (χ0n) is 17.7. The van der Waals surface area contributed by atoms with Crippen molar-refractivity contribution in [3.63, 3.8) is 0 Å². The van der Waals surface area contributed by atoms with E-state index < -0.39 is 17.4 Å². The number of carbonyl (C=O) groups is 1. The number of nitrogens with one attached hydrogen (secondary N) is 1. The minimum Gasteiger partial charge on any atom is -0.359 e. The Morgan fingerprint density at radius 2 is 1.56 bits per heavy atom. The van der Waals surface area contributed by atoms with Crippen LogP contribution in [0, 0.1) is 0 Å². The minimum atomic E-state index is -0.476. The summed E-state index contributed by atoms with van der Waals surface area (Å²) < 4.78 is 8.26. The summed E-state index contributed by atoms with van der Waals surface area (Å²) in [5.74, 6) is -0.385. The Labute approximate surface area is 183 Å². The molecule has 4 rings (SSSR count). The van der Waals surface area contributed by atoms with Crippen LogP contribution in [0.25, 0.3) is 11.0 Å². The first-order valence-corrected chi connectivity index (χ1v) is 10.0. The largest absolute Gasteiger partial charge is 0.359 e. The van der Waals surface area contributed by atoms with E-state index in [0.717, 1.165) is 15.7 Å². The van der Waals surface area contributed by atoms with Crippen LogP contribution in [0.2, 0.25) is 0 Å². The molecule has 8 nitrogen and oxygen atoms in total. The molecule has 1 N–H and O–H groups in total. The molecule has 2 aromatic carbocycles. The summed E-state index contributed by atoms with van der Waals surface area (Å²) in [4.78, 5) is 41.3. The number of carbonyl (C=O) groups excluding carboxylic acids is 1. The number of aryl methyl sites for hydroxylation is 1. The Hall–Kier alpha value is -4.04. The number of hydrogen-bond donors (Lipinski definition) is 1. The van der Waals surface area contributed by atoms with Gasteiger partial charge in [0.2, 0.25) is 5.91 Å². The summed E-state index contributed by atoms with van der Waals surface area (Å²) in [5, 5.41) is 2.95. The number of fused-ring (bicyclic) bond motifs is 1. The average molecular weight is 430 g/mol. The van der Waals surface area contributed by atoms with E-state index in [9.17, 15) is 14.4 Å². The zero-order chi connectivity index (χ0) is 22.7. The molecular weight excluding hydrogens is 408 g/mol. The van der Waals surface area contributed by atoms with Crippen molar-refractivity contribution >= 4 is 22.6 Å². The SMILES string of the molecule is Cn1c(=O)c2cc(NC(=O)COC(c3ccccc3)c3ccccc3)cnc2n(C)c1=O. The van der Waals surface area contributed by atoms with E-state index in [1.165, 1.54) is 30.9 Å². The van der Waals surface area contributed by atoms with Crippen molar-refractivity contribution < 1.29 is 9.53 Å². The molecule has 32 heavy (non-hydrogen) atoms. The summed E-state index contributed by atoms with van der Waals surface area (Å²) >= 11 is 0. The van der Waals surface area contributed by atoms with Crippen LogP contribution in [0.3, 0.4) is 0 Å². The molecule has 0 spiro atoms. The highest BCUT2D eigenvalue weighted by molar-refractivity contribution is 5.93. The number of pyridine rings is 1. The number of nitrogens with zero attached hydrogens (tertiary/aromatic N) is 3. The van der Waals surface area contributed by atoms with Gasteiger partial charge >= 0.3 is 5.69 Å². The van der Waals surface area contributed by atoms with E-state index >= 15 is 0 Å². The quantitative estimate of drug-likeness (QED) is 0.507. The number of rotatable bonds is 6. The Morgan fingerprint density at radius 3 is 2.16 bits per heavy atom. The van der Waals surface area contributed by atoms with Crippen molar-refractivity contribution in [2.45, 2.75) is 6.10 Å². The number of benzene rings is 2. The maximum atomic E-state index is 12.6. The minimum absolute atomic E-state index is 0.197. The third-order valence-corrected chi connectivity index (χ3v) is 5.16. The number of anilines is 1. The van der Waals surface area contributed by atoms with Crippen LogP contribution in [0.1, 0.15) is 17.2 Å². The average Bonchev–Trinajstić information content (AvgIpc) is 2.83. The highest BCUT2D eigenvalue weighted by atomic mass is 16.5. The molecule has 0 bridgehead atoms. The van der Waals surface area contributed by atoms with Gasteiger partial charge < -0.3 is 10.1 Å². The van der Waals surface area contributed by atoms with Gasteiger partial charge in [0.15, 0.2) is 0 Å². The molecule has 0 radical (unpaired) electrons. The van der Waals surface area contributed by atoms with Gasteiger partial charge in [-0.25, -0.2) is 9.78 Å². The lowest BCUT2D eigenvalue weighted by atomic mass is 10.0. The van der Waals surface area contributed by atoms with Crippen LogP contribution in [-0.2, 0) is 23.6 Å². The van der Waals surface area contributed by atoms with E-state index in [1.54, 1.807) is 0 Å². The number of aromatic nitrogens is 3. The van der Waals surface area contributed by atoms with Gasteiger partial charge in [0, 0.05) is 14.1 Å². The lowest BCUT2D eigenvalue weighted by molar-refractivity contribution is -0.121. The van der Waals surface area contributed by atoms with Gasteiger partial charge in [-0.1, -0.05) is 60.7 Å². The van der Waals surface area contributed by atoms with Gasteiger partial charge in [0.05, 0.1) is 17.3 Å². The molecule has 0 fully saturated rings. The standard InChI is InChI=1S/C24H22N4O4/c1-27-22-19(23(30)28(2)24(27)31)13-18(14-25-22)26-20(29)15-32-21(16-9-5-3-6-10-16)17-11-7-4-8-12-17/h3-14,21H,15H2,1-2H3,(H,26,29). The molecule has 0 saturated carbocycles. The molecule has 0 atom stereocenters. The Balaban J connectivity index is 1.53. The van der Waals surface area contributed by atoms with E-state index in [-0.39, 0.29) is 23.5 Å². The summed E-state index contributed by atoms with van der Waals surface area (Å²) in [7, 11) is 2.94. The molecule has 4 aromatic rings. The molecule has 0 saturated heterocycles. The normalized spacial score (nSPS) is 11.1. The van der Waals surface area contributed by atoms with Gasteiger partial charge in [0.1, 0.15) is 18.4 Å². The van der Waals surface area contributed by atoms with Crippen LogP contribution >= 0.6 is 0 Å². The van der Waals surface area contributed by atoms with Gasteiger partial charge in [-0.2, -0.15) is 0 Å². The fourth-order valence-electron chi connectivity index (χ4n) is 3.53. The van der Waals surface area contributed by atoms with Crippen molar-refractivity contribution in [1.29, 1.82) is 0 Å². The molecule has 8 heteroatoms. The van der Waals surface area contributed by atoms with Crippen molar-refractivity contribution in [1.82, 2.24) is 14.1 Å². The van der Waals surface area contributed by atoms with E-state index in [1.807, 2.05) is 60.7 Å². The Kier molecular flexibility index (Phi) is 5.96. The smallest absolute Gasteiger partial charge is 0.332 e. The fourth-order valence-corrected chi connectivity index (χ4v) is 3.53. The Morgan fingerprint density at radius 1 is 0.969 bits per heavy atom. The second-order valence-electron chi connectivity index (χ2n) is 7.36. The molecule has 162 valence electrons. The number of hydrogen-bond acceptors (Lipinski definition) is 5. The van der Waals surface area contributed by atoms with Gasteiger partial charge in [0.25, 0.3) is 5.56 Å². The monoisotopic (exact) mass is 430 g/mol. The number of amides is 1. The molecular formula is C24H22N4O4. The maximum Gasteiger partial charge on any atom is 0.332 e. The highest BCUT2D eigenvalue weighted by Gasteiger charge is 2.17. The zero-order valence-corrected chi connectivity index (χ0v) is 17.7. The first-order valence-electron chi connectivity index (χ1n) is 10.0. The summed E-state index contributed by atoms with van der Waals surface area (Å²) in [6.07, 6.45) is 1.00. The van der Waals surface area contributed by atoms with Crippen LogP contribution in [0.15, 0.2) is 82.5 Å². The second-order valence-corrected chi connectivity index (χ2v) is 7.36. The predicted octanol–water partition coefficient (Wildman–Crippen LogP) is 2.38. The molecule has 0 unspecified atom stereocenters. The topological polar surface area (TPSA) is 95.2 Å². The summed E-state index contributed by atoms with van der Waals surface area (Å²) in [6, 6.07) is 20.8. The molecule has 2 heterocycles. The fraction of sp³-hybridized carbons (Fsp3) is 0.167. The van der Waals surface area contributed by atoms with E-state index in [4.69, 9.17) is 4.74 Å². The molecule has 0 aliphatic rings. The molecule has 0 aliphatic carbocycles. The van der Waals surface area contributed by atoms with E-state index in [0.29, 0.717) is 5.69 Å². The first-order chi connectivity index (χ1) is 15.5. The van der Waals surface area contributed by atoms with Gasteiger partial charge in [-0.05, 0) is 17.2 Å². The lowest BCUT2D eigenvalue weighted by Gasteiger charge is -2.19. The third-order valence-electron chi connectivity index (χ3n) is 5.16. The lowest BCUT2D eigenvalue weighted by Crippen LogP contribution is -2.37. The number of ether oxygens (including phenoxy) is 1. The summed E-state index contributed by atoms with van der Waals surface area (Å²) in [6.45, 7) is -0.197. The van der Waals surface area contributed by atoms with E-state index in [2.05, 4.69) is 10.3 Å². The van der Waals surface area contributed by atoms with Crippen LogP contribution < -0.4 is 16.6 Å². The van der Waals surface area contributed by atoms with Crippen LogP contribution in [-0.4, -0.2) is 26.6 Å². The van der Waals surface area contributed by atoms with Crippen molar-refractivity contribution in [2.24, 2.45) is 14.1 Å². The molecule has 2 aromatic heterocycles. The maximum absolute atomic E-state index is 12.6. The van der Waals surface area contributed by atoms with Crippen molar-refractivity contribution in [3.05, 3.63) is 105 Å². The van der Waals surface area contributed by atoms with Gasteiger partial charge in [-0.3, -0.25) is 18.7 Å². The van der Waals surface area contributed by atoms with Crippen molar-refractivity contribution in [3.8, 4) is 0 Å². The third kappa shape index (κ3) is 4.21. The van der Waals surface area contributed by atoms with Crippen LogP contribution in [0.4, 0.5) is 5.69 Å². The Bertz CT molecular complexity index is 1340. The second kappa shape index (κ2) is 8.99. The predicted molar refractivity (Wildman–Crippen MR) is 122 cm³/mol. The molecule has 0 aliphatic heterocycles. The summed E-state index contributed by atoms with van der Waals surface area (Å²) in [5.41, 5.74) is 1.52. The van der Waals surface area contributed by atoms with Gasteiger partial charge in [-0.15, -0.1) is 0 Å². The highest BCUT2D eigenvalue weighted by Crippen LogP contribution is 2.25. The molecule has 1 amide bonds. The van der Waals surface area contributed by atoms with Crippen molar-refractivity contribution in [2.75, 3.05) is 11.9 Å². The van der Waals surface area contributed by atoms with Crippen LogP contribution in [0.5, 0.6) is 0 Å². The first kappa shape index (κ1) is 21.2.